The van der Waals surface area contributed by atoms with Gasteiger partial charge in [-0.05, 0) is 84.0 Å². The van der Waals surface area contributed by atoms with Crippen molar-refractivity contribution in [2.45, 2.75) is 44.6 Å². The molecule has 4 aliphatic heterocycles. The molecule has 258 valence electrons. The molecule has 6 aliphatic rings. The first-order chi connectivity index (χ1) is 25.3. The number of nitrogens with zero attached hydrogens (tertiary/aromatic N) is 5. The number of unbranched alkanes of at least 4 members (excludes halogenated alkanes) is 2. The van der Waals surface area contributed by atoms with E-state index < -0.39 is 0 Å². The number of aryl methyl sites for hydroxylation is 1. The zero-order valence-electron chi connectivity index (χ0n) is 29.1. The summed E-state index contributed by atoms with van der Waals surface area (Å²) in [5.74, 6) is 5.00. The SMILES string of the molecule is C1=CC(C2=NCCN2)CC2=C1C(CCCCCn1c3ccc(C4=NCCN4)cc3c3cc(C4=NCCN4)ccc31)c1ccc(C3=NCCN3)cc12. The first-order valence-electron chi connectivity index (χ1n) is 19.0. The van der Waals surface area contributed by atoms with Crippen LogP contribution < -0.4 is 21.3 Å². The summed E-state index contributed by atoms with van der Waals surface area (Å²) in [5.41, 5.74) is 12.1. The highest BCUT2D eigenvalue weighted by molar-refractivity contribution is 6.14. The van der Waals surface area contributed by atoms with Gasteiger partial charge in [-0.3, -0.25) is 20.0 Å². The Labute approximate surface area is 298 Å². The summed E-state index contributed by atoms with van der Waals surface area (Å²) in [6.45, 7) is 8.13. The van der Waals surface area contributed by atoms with E-state index in [0.29, 0.717) is 11.8 Å². The van der Waals surface area contributed by atoms with Gasteiger partial charge in [0.15, 0.2) is 0 Å². The van der Waals surface area contributed by atoms with Gasteiger partial charge < -0.3 is 25.8 Å². The van der Waals surface area contributed by atoms with Crippen molar-refractivity contribution < 1.29 is 0 Å². The van der Waals surface area contributed by atoms with Crippen LogP contribution in [-0.4, -0.2) is 80.3 Å². The fraction of sp³-hybridized carbons (Fsp3) is 0.381. The van der Waals surface area contributed by atoms with Crippen LogP contribution in [0.15, 0.2) is 92.3 Å². The van der Waals surface area contributed by atoms with Crippen molar-refractivity contribution in [1.82, 2.24) is 25.8 Å². The number of benzene rings is 3. The minimum absolute atomic E-state index is 0.339. The van der Waals surface area contributed by atoms with E-state index in [0.717, 1.165) is 95.1 Å². The summed E-state index contributed by atoms with van der Waals surface area (Å²) in [4.78, 5) is 18.9. The Morgan fingerprint density at radius 2 is 1.24 bits per heavy atom. The Morgan fingerprint density at radius 3 is 1.84 bits per heavy atom. The van der Waals surface area contributed by atoms with Crippen LogP contribution >= 0.6 is 0 Å². The number of aliphatic imine (C=N–C) groups is 4. The third-order valence-electron chi connectivity index (χ3n) is 11.5. The minimum Gasteiger partial charge on any atom is -0.371 e. The molecule has 4 aromatic rings. The van der Waals surface area contributed by atoms with E-state index in [1.54, 1.807) is 0 Å². The van der Waals surface area contributed by atoms with Crippen molar-refractivity contribution in [3.05, 3.63) is 100 Å². The lowest BCUT2D eigenvalue weighted by atomic mass is 9.85. The van der Waals surface area contributed by atoms with Crippen LogP contribution in [0, 0.1) is 5.92 Å². The molecule has 3 aromatic carbocycles. The fourth-order valence-corrected chi connectivity index (χ4v) is 9.13. The highest BCUT2D eigenvalue weighted by atomic mass is 15.1. The number of allylic oxidation sites excluding steroid dienone is 3. The van der Waals surface area contributed by atoms with E-state index in [-0.39, 0.29) is 0 Å². The van der Waals surface area contributed by atoms with E-state index in [2.05, 4.69) is 92.6 Å². The summed E-state index contributed by atoms with van der Waals surface area (Å²) in [6, 6.07) is 20.8. The second-order valence-corrected chi connectivity index (χ2v) is 14.6. The molecule has 9 heteroatoms. The summed E-state index contributed by atoms with van der Waals surface area (Å²) >= 11 is 0. The first kappa shape index (κ1) is 30.6. The molecule has 2 atom stereocenters. The van der Waals surface area contributed by atoms with Crippen molar-refractivity contribution in [1.29, 1.82) is 0 Å². The largest absolute Gasteiger partial charge is 0.371 e. The van der Waals surface area contributed by atoms with E-state index in [1.165, 1.54) is 80.0 Å². The van der Waals surface area contributed by atoms with Gasteiger partial charge in [0, 0.05) is 83.1 Å². The van der Waals surface area contributed by atoms with Gasteiger partial charge in [0.2, 0.25) is 0 Å². The zero-order valence-corrected chi connectivity index (χ0v) is 29.1. The second kappa shape index (κ2) is 12.9. The quantitative estimate of drug-likeness (QED) is 0.166. The molecule has 0 spiro atoms. The van der Waals surface area contributed by atoms with Gasteiger partial charge in [0.1, 0.15) is 23.3 Å². The van der Waals surface area contributed by atoms with Crippen LogP contribution in [0.25, 0.3) is 27.4 Å². The molecular weight excluding hydrogens is 631 g/mol. The number of amidine groups is 4. The third-order valence-corrected chi connectivity index (χ3v) is 11.5. The van der Waals surface area contributed by atoms with Crippen LogP contribution in [0.2, 0.25) is 0 Å². The zero-order chi connectivity index (χ0) is 33.7. The molecule has 2 unspecified atom stereocenters. The van der Waals surface area contributed by atoms with Crippen LogP contribution in [0.3, 0.4) is 0 Å². The van der Waals surface area contributed by atoms with Crippen LogP contribution in [0.4, 0.5) is 0 Å². The van der Waals surface area contributed by atoms with Crippen LogP contribution in [0.5, 0.6) is 0 Å². The Morgan fingerprint density at radius 1 is 0.627 bits per heavy atom. The van der Waals surface area contributed by atoms with E-state index in [9.17, 15) is 0 Å². The van der Waals surface area contributed by atoms with Gasteiger partial charge in [0.05, 0.1) is 26.2 Å². The monoisotopic (exact) mass is 675 g/mol. The van der Waals surface area contributed by atoms with Gasteiger partial charge in [-0.1, -0.05) is 37.1 Å². The van der Waals surface area contributed by atoms with E-state index >= 15 is 0 Å². The second-order valence-electron chi connectivity index (χ2n) is 14.6. The highest BCUT2D eigenvalue weighted by Gasteiger charge is 2.34. The Hall–Kier alpha value is -5.18. The maximum Gasteiger partial charge on any atom is 0.128 e. The normalized spacial score (nSPS) is 22.0. The highest BCUT2D eigenvalue weighted by Crippen LogP contribution is 2.50. The lowest BCUT2D eigenvalue weighted by molar-refractivity contribution is 0.568. The standard InChI is InChI=1S/C42H45N9/c1(2-4-30-31-9-5-26(39-43-13-14-44-39)22-33(31)34-23-27(6-10-32(30)34)40-45-15-16-46-40)3-21-51-37-11-7-28(41-47-17-18-48-41)24-35(37)36-25-29(8-12-38(36)51)42-49-19-20-50-42/h5-12,22,24-25,27,30H,1-4,13-21,23H2,(H,43,44)(H,45,46)(H,47,48)(H,49,50). The number of aromatic nitrogens is 1. The summed E-state index contributed by atoms with van der Waals surface area (Å²) < 4.78 is 2.54. The molecule has 10 rings (SSSR count). The molecule has 0 amide bonds. The third kappa shape index (κ3) is 5.45. The summed E-state index contributed by atoms with van der Waals surface area (Å²) in [7, 11) is 0. The van der Waals surface area contributed by atoms with E-state index in [4.69, 9.17) is 20.0 Å². The molecule has 2 aliphatic carbocycles. The molecule has 0 saturated carbocycles. The molecular formula is C42H45N9. The van der Waals surface area contributed by atoms with Gasteiger partial charge >= 0.3 is 0 Å². The van der Waals surface area contributed by atoms with Crippen molar-refractivity contribution in [3.8, 4) is 0 Å². The van der Waals surface area contributed by atoms with Gasteiger partial charge in [0.25, 0.3) is 0 Å². The maximum atomic E-state index is 4.79. The topological polar surface area (TPSA) is 102 Å². The lowest BCUT2D eigenvalue weighted by Gasteiger charge is -2.21. The van der Waals surface area contributed by atoms with Crippen molar-refractivity contribution in [3.63, 3.8) is 0 Å². The maximum absolute atomic E-state index is 4.79. The van der Waals surface area contributed by atoms with Gasteiger partial charge in [-0.25, -0.2) is 0 Å². The number of fused-ring (bicyclic) bond motifs is 5. The predicted octanol–water partition coefficient (Wildman–Crippen LogP) is 5.53. The number of nitrogens with one attached hydrogen (secondary N) is 4. The van der Waals surface area contributed by atoms with E-state index in [1.807, 2.05) is 0 Å². The smallest absolute Gasteiger partial charge is 0.128 e. The van der Waals surface area contributed by atoms with Crippen LogP contribution in [0.1, 0.15) is 65.8 Å². The first-order valence-corrected chi connectivity index (χ1v) is 19.0. The van der Waals surface area contributed by atoms with Crippen LogP contribution in [-0.2, 0) is 6.54 Å². The Balaban J connectivity index is 0.889. The molecule has 9 nitrogen and oxygen atoms in total. The van der Waals surface area contributed by atoms with Gasteiger partial charge in [-0.2, -0.15) is 0 Å². The molecule has 4 N–H and O–H groups in total. The molecule has 0 radical (unpaired) electrons. The molecule has 0 fully saturated rings. The lowest BCUT2D eigenvalue weighted by Crippen LogP contribution is -2.27. The summed E-state index contributed by atoms with van der Waals surface area (Å²) in [5, 5.41) is 16.5. The van der Waals surface area contributed by atoms with Crippen molar-refractivity contribution in [2.24, 2.45) is 25.9 Å². The molecule has 0 bridgehead atoms. The average Bonchev–Trinajstić information content (AvgIpc) is 4.03. The number of hydrogen-bond acceptors (Lipinski definition) is 8. The fourth-order valence-electron chi connectivity index (χ4n) is 9.13. The average molecular weight is 676 g/mol. The van der Waals surface area contributed by atoms with Gasteiger partial charge in [-0.15, -0.1) is 0 Å². The van der Waals surface area contributed by atoms with Crippen molar-refractivity contribution >= 4 is 50.7 Å². The number of rotatable bonds is 10. The number of hydrogen-bond donors (Lipinski definition) is 4. The molecule has 51 heavy (non-hydrogen) atoms. The molecule has 1 aromatic heterocycles. The molecule has 0 saturated heterocycles. The summed E-state index contributed by atoms with van der Waals surface area (Å²) in [6.07, 6.45) is 10.6. The van der Waals surface area contributed by atoms with Crippen molar-refractivity contribution in [2.75, 3.05) is 52.4 Å². The predicted molar refractivity (Wildman–Crippen MR) is 210 cm³/mol. The minimum atomic E-state index is 0.339. The Kier molecular flexibility index (Phi) is 7.72. The molecule has 5 heterocycles. The Bertz CT molecular complexity index is 2170.